The molecule has 7 heteroatoms. The summed E-state index contributed by atoms with van der Waals surface area (Å²) in [7, 11) is -0.540. The Kier molecular flexibility index (Phi) is 5.82. The van der Waals surface area contributed by atoms with Crippen LogP contribution in [0.3, 0.4) is 0 Å². The van der Waals surface area contributed by atoms with Gasteiger partial charge in [0, 0.05) is 24.6 Å². The van der Waals surface area contributed by atoms with E-state index in [0.29, 0.717) is 36.4 Å². The lowest BCUT2D eigenvalue weighted by atomic mass is 9.91. The highest BCUT2D eigenvalue weighted by atomic mass is 32.2. The van der Waals surface area contributed by atoms with Crippen LogP contribution in [0.2, 0.25) is 0 Å². The molecular formula is C20H23NO5S. The Morgan fingerprint density at radius 3 is 2.07 bits per heavy atom. The van der Waals surface area contributed by atoms with Crippen molar-refractivity contribution in [2.45, 2.75) is 17.7 Å². The van der Waals surface area contributed by atoms with Crippen molar-refractivity contribution >= 4 is 15.8 Å². The number of hydrogen-bond donors (Lipinski definition) is 0. The van der Waals surface area contributed by atoms with Gasteiger partial charge >= 0.3 is 0 Å². The molecule has 1 aliphatic heterocycles. The lowest BCUT2D eigenvalue weighted by Gasteiger charge is -2.31. The van der Waals surface area contributed by atoms with Crippen LogP contribution in [0.25, 0.3) is 0 Å². The van der Waals surface area contributed by atoms with Gasteiger partial charge in [-0.25, -0.2) is 8.42 Å². The van der Waals surface area contributed by atoms with E-state index < -0.39 is 10.0 Å². The molecule has 0 aliphatic carbocycles. The number of piperidine rings is 1. The van der Waals surface area contributed by atoms with Crippen molar-refractivity contribution in [3.63, 3.8) is 0 Å². The fraction of sp³-hybridized carbons (Fsp3) is 0.350. The number of ketones is 1. The van der Waals surface area contributed by atoms with Crippen molar-refractivity contribution in [3.05, 3.63) is 54.1 Å². The van der Waals surface area contributed by atoms with Crippen LogP contribution in [0, 0.1) is 5.92 Å². The smallest absolute Gasteiger partial charge is 0.243 e. The minimum Gasteiger partial charge on any atom is -0.497 e. The lowest BCUT2D eigenvalue weighted by Crippen LogP contribution is -2.42. The maximum absolute atomic E-state index is 12.9. The Balaban J connectivity index is 1.76. The molecule has 0 N–H and O–H groups in total. The lowest BCUT2D eigenvalue weighted by molar-refractivity contribution is 0.0872. The number of rotatable bonds is 6. The molecule has 1 aliphatic rings. The Hall–Kier alpha value is -2.38. The number of ether oxygens (including phenoxy) is 2. The average Bonchev–Trinajstić information content (AvgIpc) is 2.73. The molecule has 1 saturated heterocycles. The number of hydrogen-bond acceptors (Lipinski definition) is 5. The van der Waals surface area contributed by atoms with Crippen LogP contribution >= 0.6 is 0 Å². The molecule has 1 heterocycles. The van der Waals surface area contributed by atoms with E-state index in [2.05, 4.69) is 0 Å². The number of nitrogens with zero attached hydrogens (tertiary/aromatic N) is 1. The van der Waals surface area contributed by atoms with E-state index in [1.165, 1.54) is 23.5 Å². The van der Waals surface area contributed by atoms with Crippen LogP contribution in [0.1, 0.15) is 23.2 Å². The minimum atomic E-state index is -3.64. The van der Waals surface area contributed by atoms with Crippen LogP contribution in [0.5, 0.6) is 11.5 Å². The molecule has 2 aromatic rings. The van der Waals surface area contributed by atoms with Crippen LogP contribution in [0.4, 0.5) is 0 Å². The predicted octanol–water partition coefficient (Wildman–Crippen LogP) is 2.99. The van der Waals surface area contributed by atoms with Gasteiger partial charge in [-0.3, -0.25) is 4.79 Å². The zero-order valence-corrected chi connectivity index (χ0v) is 16.2. The van der Waals surface area contributed by atoms with Crippen LogP contribution in [0.15, 0.2) is 53.4 Å². The normalized spacial score (nSPS) is 18.1. The molecule has 0 saturated carbocycles. The first-order valence-corrected chi connectivity index (χ1v) is 10.2. The monoisotopic (exact) mass is 389 g/mol. The second kappa shape index (κ2) is 8.10. The van der Waals surface area contributed by atoms with Crippen molar-refractivity contribution in [1.82, 2.24) is 4.31 Å². The van der Waals surface area contributed by atoms with Gasteiger partial charge in [-0.15, -0.1) is 0 Å². The van der Waals surface area contributed by atoms with E-state index in [4.69, 9.17) is 9.47 Å². The summed E-state index contributed by atoms with van der Waals surface area (Å²) in [6.45, 7) is 0.611. The summed E-state index contributed by atoms with van der Waals surface area (Å²) in [5, 5.41) is 0. The summed E-state index contributed by atoms with van der Waals surface area (Å²) >= 11 is 0. The molecule has 0 spiro atoms. The zero-order valence-electron chi connectivity index (χ0n) is 15.4. The standard InChI is InChI=1S/C20H23NO5S/c1-25-17-7-5-15(6-8-17)20(22)16-4-3-13-21(14-16)27(23,24)19-11-9-18(26-2)10-12-19/h5-12,16H,3-4,13-14H2,1-2H3. The molecule has 0 radical (unpaired) electrons. The molecule has 3 rings (SSSR count). The summed E-state index contributed by atoms with van der Waals surface area (Å²) in [5.41, 5.74) is 0.574. The molecule has 0 amide bonds. The fourth-order valence-electron chi connectivity index (χ4n) is 3.26. The fourth-order valence-corrected chi connectivity index (χ4v) is 4.79. The number of benzene rings is 2. The molecule has 1 atom stereocenters. The van der Waals surface area contributed by atoms with Gasteiger partial charge in [0.05, 0.1) is 19.1 Å². The summed E-state index contributed by atoms with van der Waals surface area (Å²) in [6, 6.07) is 13.2. The second-order valence-corrected chi connectivity index (χ2v) is 8.41. The summed E-state index contributed by atoms with van der Waals surface area (Å²) in [4.78, 5) is 13.0. The van der Waals surface area contributed by atoms with Crippen molar-refractivity contribution in [1.29, 1.82) is 0 Å². The van der Waals surface area contributed by atoms with Crippen LogP contribution < -0.4 is 9.47 Å². The van der Waals surface area contributed by atoms with Gasteiger partial charge in [0.1, 0.15) is 11.5 Å². The third kappa shape index (κ3) is 4.14. The van der Waals surface area contributed by atoms with Gasteiger partial charge in [-0.1, -0.05) is 0 Å². The Morgan fingerprint density at radius 2 is 1.52 bits per heavy atom. The highest BCUT2D eigenvalue weighted by Gasteiger charge is 2.33. The first-order valence-electron chi connectivity index (χ1n) is 8.78. The molecule has 1 unspecified atom stereocenters. The molecule has 6 nitrogen and oxygen atoms in total. The molecule has 144 valence electrons. The highest BCUT2D eigenvalue weighted by Crippen LogP contribution is 2.27. The van der Waals surface area contributed by atoms with E-state index >= 15 is 0 Å². The summed E-state index contributed by atoms with van der Waals surface area (Å²) < 4.78 is 37.5. The van der Waals surface area contributed by atoms with Crippen molar-refractivity contribution in [3.8, 4) is 11.5 Å². The van der Waals surface area contributed by atoms with Gasteiger partial charge in [-0.05, 0) is 61.4 Å². The molecular weight excluding hydrogens is 366 g/mol. The predicted molar refractivity (Wildman–Crippen MR) is 102 cm³/mol. The molecule has 2 aromatic carbocycles. The SMILES string of the molecule is COc1ccc(C(=O)C2CCCN(S(=O)(=O)c3ccc(OC)cc3)C2)cc1. The molecule has 1 fully saturated rings. The van der Waals surface area contributed by atoms with Crippen molar-refractivity contribution in [2.75, 3.05) is 27.3 Å². The van der Waals surface area contributed by atoms with Crippen molar-refractivity contribution in [2.24, 2.45) is 5.92 Å². The van der Waals surface area contributed by atoms with Gasteiger partial charge in [-0.2, -0.15) is 4.31 Å². The summed E-state index contributed by atoms with van der Waals surface area (Å²) in [6.07, 6.45) is 1.33. The van der Waals surface area contributed by atoms with Gasteiger partial charge < -0.3 is 9.47 Å². The van der Waals surface area contributed by atoms with Crippen LogP contribution in [-0.4, -0.2) is 45.8 Å². The highest BCUT2D eigenvalue weighted by molar-refractivity contribution is 7.89. The van der Waals surface area contributed by atoms with Crippen molar-refractivity contribution < 1.29 is 22.7 Å². The van der Waals surface area contributed by atoms with E-state index in [9.17, 15) is 13.2 Å². The van der Waals surface area contributed by atoms with Gasteiger partial charge in [0.2, 0.25) is 10.0 Å². The van der Waals surface area contributed by atoms with E-state index in [-0.39, 0.29) is 23.1 Å². The number of Topliss-reactive ketones (excluding diaryl/α,β-unsaturated/α-hetero) is 1. The number of sulfonamides is 1. The summed E-state index contributed by atoms with van der Waals surface area (Å²) in [5.74, 6) is 0.895. The third-order valence-corrected chi connectivity index (χ3v) is 6.71. The number of methoxy groups -OCH3 is 2. The molecule has 0 bridgehead atoms. The first-order chi connectivity index (χ1) is 13.0. The molecule has 0 aromatic heterocycles. The van der Waals surface area contributed by atoms with Gasteiger partial charge in [0.25, 0.3) is 0 Å². The quantitative estimate of drug-likeness (QED) is 0.710. The maximum Gasteiger partial charge on any atom is 0.243 e. The zero-order chi connectivity index (χ0) is 19.4. The Morgan fingerprint density at radius 1 is 0.963 bits per heavy atom. The third-order valence-electron chi connectivity index (χ3n) is 4.83. The number of carbonyl (C=O) groups excluding carboxylic acids is 1. The maximum atomic E-state index is 12.9. The average molecular weight is 389 g/mol. The van der Waals surface area contributed by atoms with E-state index in [0.717, 1.165) is 0 Å². The van der Waals surface area contributed by atoms with E-state index in [1.54, 1.807) is 43.5 Å². The second-order valence-electron chi connectivity index (χ2n) is 6.47. The Labute approximate surface area is 159 Å². The van der Waals surface area contributed by atoms with Gasteiger partial charge in [0.15, 0.2) is 5.78 Å². The largest absolute Gasteiger partial charge is 0.497 e. The van der Waals surface area contributed by atoms with E-state index in [1.807, 2.05) is 0 Å². The number of carbonyl (C=O) groups is 1. The first kappa shape index (κ1) is 19.4. The topological polar surface area (TPSA) is 72.9 Å². The minimum absolute atomic E-state index is 0.0349. The Bertz CT molecular complexity index is 891. The van der Waals surface area contributed by atoms with Crippen LogP contribution in [-0.2, 0) is 10.0 Å². The molecule has 27 heavy (non-hydrogen) atoms.